The Morgan fingerprint density at radius 2 is 2.12 bits per heavy atom. The summed E-state index contributed by atoms with van der Waals surface area (Å²) >= 11 is 0. The third kappa shape index (κ3) is 5.08. The van der Waals surface area contributed by atoms with Crippen LogP contribution in [0.15, 0.2) is 22.9 Å². The molecular formula is C6H10N2. The van der Waals surface area contributed by atoms with Gasteiger partial charge >= 0.3 is 0 Å². The van der Waals surface area contributed by atoms with Gasteiger partial charge in [0.25, 0.3) is 0 Å². The first-order valence-corrected chi connectivity index (χ1v) is 2.42. The van der Waals surface area contributed by atoms with Crippen molar-refractivity contribution in [2.24, 2.45) is 10.2 Å². The molecule has 0 saturated carbocycles. The first kappa shape index (κ1) is 7.08. The van der Waals surface area contributed by atoms with Gasteiger partial charge in [0.2, 0.25) is 0 Å². The molecule has 0 heterocycles. The molecule has 0 aliphatic carbocycles. The quantitative estimate of drug-likeness (QED) is 0.381. The van der Waals surface area contributed by atoms with Crippen molar-refractivity contribution in [1.82, 2.24) is 0 Å². The van der Waals surface area contributed by atoms with E-state index in [4.69, 9.17) is 0 Å². The highest BCUT2D eigenvalue weighted by atomic mass is 15.2. The van der Waals surface area contributed by atoms with Crippen LogP contribution in [0.3, 0.4) is 0 Å². The molecule has 0 aromatic rings. The number of nitrogens with zero attached hydrogens (tertiary/aromatic N) is 2. The van der Waals surface area contributed by atoms with E-state index in [0.29, 0.717) is 0 Å². The van der Waals surface area contributed by atoms with Gasteiger partial charge in [-0.25, -0.2) is 0 Å². The topological polar surface area (TPSA) is 24.7 Å². The van der Waals surface area contributed by atoms with Crippen LogP contribution < -0.4 is 0 Å². The summed E-state index contributed by atoms with van der Waals surface area (Å²) in [5.74, 6) is 0. The Morgan fingerprint density at radius 3 is 2.50 bits per heavy atom. The minimum absolute atomic E-state index is 0.947. The Hall–Kier alpha value is -0.920. The maximum Gasteiger partial charge on any atom is 0.0489 e. The molecule has 0 aliphatic rings. The zero-order valence-corrected chi connectivity index (χ0v) is 5.26. The zero-order chi connectivity index (χ0) is 6.41. The summed E-state index contributed by atoms with van der Waals surface area (Å²) in [6.07, 6.45) is 3.14. The van der Waals surface area contributed by atoms with Crippen molar-refractivity contribution in [3.8, 4) is 0 Å². The summed E-state index contributed by atoms with van der Waals surface area (Å²) in [7, 11) is 0. The average Bonchev–Trinajstić information content (AvgIpc) is 1.66. The third-order valence-electron chi connectivity index (χ3n) is 0.430. The second kappa shape index (κ2) is 4.24. The molecule has 0 aromatic heterocycles. The molecule has 0 spiro atoms. The predicted molar refractivity (Wildman–Crippen MR) is 37.5 cm³/mol. The molecule has 0 unspecified atom stereocenters. The lowest BCUT2D eigenvalue weighted by Gasteiger charge is -1.77. The summed E-state index contributed by atoms with van der Waals surface area (Å²) in [6, 6.07) is 0. The highest BCUT2D eigenvalue weighted by molar-refractivity contribution is 5.80. The zero-order valence-electron chi connectivity index (χ0n) is 5.26. The molecule has 0 radical (unpaired) electrons. The van der Waals surface area contributed by atoms with Crippen molar-refractivity contribution in [2.45, 2.75) is 13.8 Å². The third-order valence-corrected chi connectivity index (χ3v) is 0.430. The molecule has 44 valence electrons. The summed E-state index contributed by atoms with van der Waals surface area (Å²) < 4.78 is 0. The van der Waals surface area contributed by atoms with Gasteiger partial charge < -0.3 is 0 Å². The average molecular weight is 110 g/mol. The van der Waals surface area contributed by atoms with Crippen LogP contribution in [-0.2, 0) is 0 Å². The maximum absolute atomic E-state index is 3.73. The molecular weight excluding hydrogens is 100 g/mol. The van der Waals surface area contributed by atoms with Crippen LogP contribution in [0.1, 0.15) is 13.8 Å². The van der Waals surface area contributed by atoms with Crippen LogP contribution in [0.2, 0.25) is 0 Å². The Kier molecular flexibility index (Phi) is 3.76. The first-order chi connectivity index (χ1) is 3.77. The van der Waals surface area contributed by atoms with Crippen molar-refractivity contribution in [3.63, 3.8) is 0 Å². The van der Waals surface area contributed by atoms with E-state index in [1.54, 1.807) is 12.3 Å². The van der Waals surface area contributed by atoms with Crippen LogP contribution in [-0.4, -0.2) is 11.9 Å². The lowest BCUT2D eigenvalue weighted by Crippen LogP contribution is -1.75. The summed E-state index contributed by atoms with van der Waals surface area (Å²) in [4.78, 5) is 0. The van der Waals surface area contributed by atoms with Crippen LogP contribution in [0.4, 0.5) is 0 Å². The van der Waals surface area contributed by atoms with Crippen LogP contribution in [0.25, 0.3) is 0 Å². The molecule has 0 rings (SSSR count). The smallest absolute Gasteiger partial charge is 0.0489 e. The fourth-order valence-corrected chi connectivity index (χ4v) is 0.196. The molecule has 2 heteroatoms. The van der Waals surface area contributed by atoms with Gasteiger partial charge in [-0.3, -0.25) is 0 Å². The van der Waals surface area contributed by atoms with Gasteiger partial charge in [-0.05, 0) is 19.9 Å². The van der Waals surface area contributed by atoms with Crippen molar-refractivity contribution in [1.29, 1.82) is 0 Å². The monoisotopic (exact) mass is 110 g/mol. The summed E-state index contributed by atoms with van der Waals surface area (Å²) in [6.45, 7) is 7.22. The van der Waals surface area contributed by atoms with Gasteiger partial charge in [0.1, 0.15) is 0 Å². The van der Waals surface area contributed by atoms with E-state index in [1.165, 1.54) is 0 Å². The summed E-state index contributed by atoms with van der Waals surface area (Å²) in [5, 5.41) is 7.36. The Bertz CT molecular complexity index is 118. The van der Waals surface area contributed by atoms with E-state index in [-0.39, 0.29) is 0 Å². The van der Waals surface area contributed by atoms with Gasteiger partial charge in [0.05, 0.1) is 0 Å². The molecule has 2 nitrogen and oxygen atoms in total. The van der Waals surface area contributed by atoms with Crippen molar-refractivity contribution < 1.29 is 0 Å². The minimum atomic E-state index is 0.947. The van der Waals surface area contributed by atoms with Crippen molar-refractivity contribution in [2.75, 3.05) is 0 Å². The lowest BCUT2D eigenvalue weighted by molar-refractivity contribution is 1.24. The van der Waals surface area contributed by atoms with Gasteiger partial charge in [-0.2, -0.15) is 10.2 Å². The van der Waals surface area contributed by atoms with Gasteiger partial charge in [0, 0.05) is 11.9 Å². The van der Waals surface area contributed by atoms with Gasteiger partial charge in [0.15, 0.2) is 0 Å². The normalized spacial score (nSPS) is 9.25. The standard InChI is InChI=1S/C6H10N2/c1-4-5-7-8-6(2)3/h4-5H,1H2,2-3H3. The highest BCUT2D eigenvalue weighted by Gasteiger charge is 1.68. The van der Waals surface area contributed by atoms with E-state index >= 15 is 0 Å². The fraction of sp³-hybridized carbons (Fsp3) is 0.333. The van der Waals surface area contributed by atoms with E-state index in [1.807, 2.05) is 13.8 Å². The molecule has 0 atom stereocenters. The highest BCUT2D eigenvalue weighted by Crippen LogP contribution is 1.74. The number of allylic oxidation sites excluding steroid dienone is 1. The fourth-order valence-electron chi connectivity index (χ4n) is 0.196. The SMILES string of the molecule is C=CC=NN=C(C)C. The number of rotatable bonds is 2. The molecule has 0 N–H and O–H groups in total. The second-order valence-electron chi connectivity index (χ2n) is 1.55. The molecule has 0 amide bonds. The first-order valence-electron chi connectivity index (χ1n) is 2.42. The van der Waals surface area contributed by atoms with E-state index in [0.717, 1.165) is 5.71 Å². The largest absolute Gasteiger partial charge is 0.161 e. The Morgan fingerprint density at radius 1 is 1.50 bits per heavy atom. The lowest BCUT2D eigenvalue weighted by atomic mass is 10.5. The molecule has 0 bridgehead atoms. The number of hydrogen-bond acceptors (Lipinski definition) is 2. The van der Waals surface area contributed by atoms with Crippen molar-refractivity contribution >= 4 is 11.9 Å². The van der Waals surface area contributed by atoms with Gasteiger partial charge in [-0.1, -0.05) is 6.58 Å². The Balaban J connectivity index is 3.57. The van der Waals surface area contributed by atoms with Crippen LogP contribution >= 0.6 is 0 Å². The van der Waals surface area contributed by atoms with Crippen molar-refractivity contribution in [3.05, 3.63) is 12.7 Å². The predicted octanol–water partition coefficient (Wildman–Crippen LogP) is 1.64. The molecule has 0 aliphatic heterocycles. The van der Waals surface area contributed by atoms with E-state index in [9.17, 15) is 0 Å². The van der Waals surface area contributed by atoms with Crippen LogP contribution in [0.5, 0.6) is 0 Å². The molecule has 0 fully saturated rings. The molecule has 0 aromatic carbocycles. The Labute approximate surface area is 49.6 Å². The molecule has 8 heavy (non-hydrogen) atoms. The molecule has 0 saturated heterocycles. The van der Waals surface area contributed by atoms with Gasteiger partial charge in [-0.15, -0.1) is 0 Å². The van der Waals surface area contributed by atoms with E-state index < -0.39 is 0 Å². The summed E-state index contributed by atoms with van der Waals surface area (Å²) in [5.41, 5.74) is 0.947. The maximum atomic E-state index is 3.73. The minimum Gasteiger partial charge on any atom is -0.161 e. The van der Waals surface area contributed by atoms with Crippen LogP contribution in [0, 0.1) is 0 Å². The second-order valence-corrected chi connectivity index (χ2v) is 1.55. The number of hydrogen-bond donors (Lipinski definition) is 0. The van der Waals surface area contributed by atoms with E-state index in [2.05, 4.69) is 16.8 Å².